The molecule has 0 unspecified atom stereocenters. The number of anilines is 1. The van der Waals surface area contributed by atoms with E-state index in [9.17, 15) is 20.2 Å². The van der Waals surface area contributed by atoms with Gasteiger partial charge in [-0.1, -0.05) is 60.7 Å². The van der Waals surface area contributed by atoms with Gasteiger partial charge in [-0.05, 0) is 17.7 Å². The van der Waals surface area contributed by atoms with Gasteiger partial charge in [0.25, 0.3) is 11.4 Å². The van der Waals surface area contributed by atoms with Gasteiger partial charge in [-0.15, -0.1) is 0 Å². The molecule has 29 heavy (non-hydrogen) atoms. The summed E-state index contributed by atoms with van der Waals surface area (Å²) in [5, 5.41) is 26.8. The van der Waals surface area contributed by atoms with Crippen LogP contribution in [0.1, 0.15) is 11.1 Å². The summed E-state index contributed by atoms with van der Waals surface area (Å²) in [6.45, 7) is 0. The van der Waals surface area contributed by atoms with Gasteiger partial charge in [0.2, 0.25) is 0 Å². The summed E-state index contributed by atoms with van der Waals surface area (Å²) in [7, 11) is 0. The highest BCUT2D eigenvalue weighted by Crippen LogP contribution is 2.18. The van der Waals surface area contributed by atoms with Crippen molar-refractivity contribution in [3.63, 3.8) is 0 Å². The highest BCUT2D eigenvalue weighted by molar-refractivity contribution is 6.13. The molecule has 0 amide bonds. The summed E-state index contributed by atoms with van der Waals surface area (Å²) in [5.74, 6) is 0. The average molecular weight is 388 g/mol. The van der Waals surface area contributed by atoms with E-state index in [4.69, 9.17) is 0 Å². The number of nitrogens with one attached hydrogen (secondary N) is 1. The minimum Gasteiger partial charge on any atom is -0.278 e. The molecule has 0 saturated carbocycles. The fourth-order valence-corrected chi connectivity index (χ4v) is 2.56. The summed E-state index contributed by atoms with van der Waals surface area (Å²) in [4.78, 5) is 21.6. The van der Waals surface area contributed by atoms with Crippen LogP contribution in [-0.4, -0.2) is 15.6 Å². The Balaban J connectivity index is 2.01. The zero-order chi connectivity index (χ0) is 20.6. The van der Waals surface area contributed by atoms with Gasteiger partial charge >= 0.3 is 0 Å². The van der Waals surface area contributed by atoms with Gasteiger partial charge in [-0.2, -0.15) is 5.10 Å². The van der Waals surface area contributed by atoms with E-state index < -0.39 is 9.85 Å². The fourth-order valence-electron chi connectivity index (χ4n) is 2.56. The predicted molar refractivity (Wildman–Crippen MR) is 111 cm³/mol. The number of nitrogens with zero attached hydrogens (tertiary/aromatic N) is 3. The molecule has 0 fully saturated rings. The van der Waals surface area contributed by atoms with Crippen molar-refractivity contribution in [1.29, 1.82) is 0 Å². The molecule has 0 heterocycles. The Labute approximate surface area is 166 Å². The minimum absolute atomic E-state index is 0.0576. The van der Waals surface area contributed by atoms with Crippen LogP contribution in [0.5, 0.6) is 0 Å². The number of hydrogen-bond acceptors (Lipinski definition) is 6. The molecule has 3 aromatic carbocycles. The van der Waals surface area contributed by atoms with Gasteiger partial charge in [-0.25, -0.2) is 0 Å². The lowest BCUT2D eigenvalue weighted by Gasteiger charge is -2.07. The Morgan fingerprint density at radius 1 is 0.828 bits per heavy atom. The molecule has 0 bridgehead atoms. The Kier molecular flexibility index (Phi) is 6.06. The van der Waals surface area contributed by atoms with Crippen molar-refractivity contribution in [3.05, 3.63) is 122 Å². The Morgan fingerprint density at radius 2 is 1.41 bits per heavy atom. The summed E-state index contributed by atoms with van der Waals surface area (Å²) >= 11 is 0. The molecule has 0 radical (unpaired) electrons. The van der Waals surface area contributed by atoms with Gasteiger partial charge < -0.3 is 0 Å². The van der Waals surface area contributed by atoms with Crippen LogP contribution >= 0.6 is 0 Å². The number of allylic oxidation sites excluding steroid dienone is 1. The average Bonchev–Trinajstić information content (AvgIpc) is 2.74. The topological polar surface area (TPSA) is 111 Å². The first kappa shape index (κ1) is 19.4. The molecular formula is C21H16N4O4. The molecule has 1 N–H and O–H groups in total. The van der Waals surface area contributed by atoms with Crippen molar-refractivity contribution in [2.75, 3.05) is 5.43 Å². The van der Waals surface area contributed by atoms with Gasteiger partial charge in [0, 0.05) is 23.8 Å². The van der Waals surface area contributed by atoms with E-state index in [-0.39, 0.29) is 17.1 Å². The summed E-state index contributed by atoms with van der Waals surface area (Å²) in [6, 6.07) is 23.3. The first-order valence-corrected chi connectivity index (χ1v) is 8.59. The van der Waals surface area contributed by atoms with Gasteiger partial charge in [0.15, 0.2) is 5.71 Å². The number of hydrogen-bond donors (Lipinski definition) is 1. The smallest absolute Gasteiger partial charge is 0.278 e. The predicted octanol–water partition coefficient (Wildman–Crippen LogP) is 4.73. The van der Waals surface area contributed by atoms with Gasteiger partial charge in [0.05, 0.1) is 15.5 Å². The normalized spacial score (nSPS) is 11.7. The van der Waals surface area contributed by atoms with Gasteiger partial charge in [-0.3, -0.25) is 25.7 Å². The summed E-state index contributed by atoms with van der Waals surface area (Å²) in [5.41, 5.74) is 4.33. The zero-order valence-electron chi connectivity index (χ0n) is 15.1. The number of nitro groups is 2. The third-order valence-electron chi connectivity index (χ3n) is 3.96. The molecule has 3 rings (SSSR count). The SMILES string of the molecule is O=[N+]([O-])C(=C\c1ccccc1)/C(=N/Nc1ccc([N+](=O)[O-])cc1)c1ccccc1. The van der Waals surface area contributed by atoms with Gasteiger partial charge in [0.1, 0.15) is 0 Å². The van der Waals surface area contributed by atoms with Crippen LogP contribution in [0.2, 0.25) is 0 Å². The van der Waals surface area contributed by atoms with Crippen LogP contribution in [0.4, 0.5) is 11.4 Å². The van der Waals surface area contributed by atoms with Crippen LogP contribution in [0.25, 0.3) is 6.08 Å². The molecule has 0 spiro atoms. The molecule has 3 aromatic rings. The number of hydrazone groups is 1. The van der Waals surface area contributed by atoms with Crippen molar-refractivity contribution in [2.45, 2.75) is 0 Å². The molecule has 0 atom stereocenters. The second-order valence-electron chi connectivity index (χ2n) is 5.94. The molecule has 144 valence electrons. The summed E-state index contributed by atoms with van der Waals surface area (Å²) in [6.07, 6.45) is 1.45. The second kappa shape index (κ2) is 9.05. The monoisotopic (exact) mass is 388 g/mol. The molecule has 0 aliphatic heterocycles. The van der Waals surface area contributed by atoms with Crippen molar-refractivity contribution in [1.82, 2.24) is 0 Å². The van der Waals surface area contributed by atoms with E-state index in [0.29, 0.717) is 16.8 Å². The summed E-state index contributed by atoms with van der Waals surface area (Å²) < 4.78 is 0. The van der Waals surface area contributed by atoms with E-state index in [1.54, 1.807) is 54.6 Å². The van der Waals surface area contributed by atoms with Crippen LogP contribution in [0, 0.1) is 20.2 Å². The Bertz CT molecular complexity index is 1060. The molecule has 0 saturated heterocycles. The van der Waals surface area contributed by atoms with E-state index >= 15 is 0 Å². The lowest BCUT2D eigenvalue weighted by molar-refractivity contribution is -0.413. The van der Waals surface area contributed by atoms with Crippen molar-refractivity contribution >= 4 is 23.2 Å². The molecule has 8 nitrogen and oxygen atoms in total. The molecule has 0 aliphatic rings. The van der Waals surface area contributed by atoms with Crippen LogP contribution in [0.3, 0.4) is 0 Å². The first-order valence-electron chi connectivity index (χ1n) is 8.59. The van der Waals surface area contributed by atoms with E-state index in [0.717, 1.165) is 0 Å². The lowest BCUT2D eigenvalue weighted by atomic mass is 10.1. The number of nitro benzene ring substituents is 1. The van der Waals surface area contributed by atoms with Crippen molar-refractivity contribution in [3.8, 4) is 0 Å². The third-order valence-corrected chi connectivity index (χ3v) is 3.96. The van der Waals surface area contributed by atoms with Crippen LogP contribution in [-0.2, 0) is 0 Å². The maximum Gasteiger partial charge on any atom is 0.297 e. The molecule has 8 heteroatoms. The Morgan fingerprint density at radius 3 is 1.97 bits per heavy atom. The van der Waals surface area contributed by atoms with Crippen LogP contribution in [0.15, 0.2) is 95.7 Å². The van der Waals surface area contributed by atoms with E-state index in [1.807, 2.05) is 6.07 Å². The van der Waals surface area contributed by atoms with Crippen molar-refractivity contribution in [2.24, 2.45) is 5.10 Å². The number of non-ortho nitro benzene ring substituents is 1. The Hall–Kier alpha value is -4.33. The van der Waals surface area contributed by atoms with Crippen LogP contribution < -0.4 is 5.43 Å². The number of benzene rings is 3. The van der Waals surface area contributed by atoms with Crippen molar-refractivity contribution < 1.29 is 9.85 Å². The first-order chi connectivity index (χ1) is 14.0. The largest absolute Gasteiger partial charge is 0.297 e. The third kappa shape index (κ3) is 5.10. The number of rotatable bonds is 7. The standard InChI is InChI=1S/C21H16N4O4/c26-24(27)19-13-11-18(12-14-19)22-23-21(17-9-5-2-6-10-17)20(25(28)29)15-16-7-3-1-4-8-16/h1-15,22H/b20-15-,23-21+. The molecular weight excluding hydrogens is 372 g/mol. The highest BCUT2D eigenvalue weighted by atomic mass is 16.6. The minimum atomic E-state index is -0.504. The maximum absolute atomic E-state index is 11.8. The van der Waals surface area contributed by atoms with E-state index in [2.05, 4.69) is 10.5 Å². The quantitative estimate of drug-likeness (QED) is 0.357. The molecule has 0 aromatic heterocycles. The fraction of sp³-hybridized carbons (Fsp3) is 0. The van der Waals surface area contributed by atoms with E-state index in [1.165, 1.54) is 30.3 Å². The lowest BCUT2D eigenvalue weighted by Crippen LogP contribution is -2.15. The zero-order valence-corrected chi connectivity index (χ0v) is 15.1. The second-order valence-corrected chi connectivity index (χ2v) is 5.94. The maximum atomic E-state index is 11.8. The highest BCUT2D eigenvalue weighted by Gasteiger charge is 2.22. The molecule has 0 aliphatic carbocycles.